The molecule has 0 spiro atoms. The SMILES string of the molecule is CC(C)CNCCc1nnc(C2CC3CCC2C3)s1. The summed E-state index contributed by atoms with van der Waals surface area (Å²) in [5.74, 6) is 3.38. The van der Waals surface area contributed by atoms with E-state index in [4.69, 9.17) is 0 Å². The largest absolute Gasteiger partial charge is 0.316 e. The molecule has 2 aliphatic rings. The van der Waals surface area contributed by atoms with E-state index >= 15 is 0 Å². The lowest BCUT2D eigenvalue weighted by Gasteiger charge is -2.18. The Labute approximate surface area is 120 Å². The second kappa shape index (κ2) is 5.88. The summed E-state index contributed by atoms with van der Waals surface area (Å²) in [6.07, 6.45) is 6.76. The van der Waals surface area contributed by atoms with Gasteiger partial charge in [-0.1, -0.05) is 20.3 Å². The summed E-state index contributed by atoms with van der Waals surface area (Å²) in [7, 11) is 0. The van der Waals surface area contributed by atoms with Crippen LogP contribution in [0.4, 0.5) is 0 Å². The van der Waals surface area contributed by atoms with E-state index in [1.54, 1.807) is 0 Å². The minimum absolute atomic E-state index is 0.721. The van der Waals surface area contributed by atoms with Gasteiger partial charge in [-0.25, -0.2) is 0 Å². The lowest BCUT2D eigenvalue weighted by atomic mass is 9.89. The van der Waals surface area contributed by atoms with Gasteiger partial charge in [0.25, 0.3) is 0 Å². The Morgan fingerprint density at radius 3 is 2.84 bits per heavy atom. The average molecular weight is 279 g/mol. The second-order valence-corrected chi connectivity index (χ2v) is 7.76. The molecule has 106 valence electrons. The third-order valence-corrected chi connectivity index (χ3v) is 5.72. The molecule has 3 nitrogen and oxygen atoms in total. The smallest absolute Gasteiger partial charge is 0.120 e. The lowest BCUT2D eigenvalue weighted by Crippen LogP contribution is -2.22. The molecule has 1 N–H and O–H groups in total. The van der Waals surface area contributed by atoms with Crippen LogP contribution in [0.25, 0.3) is 0 Å². The lowest BCUT2D eigenvalue weighted by molar-refractivity contribution is 0.417. The van der Waals surface area contributed by atoms with Crippen molar-refractivity contribution in [1.29, 1.82) is 0 Å². The van der Waals surface area contributed by atoms with E-state index in [-0.39, 0.29) is 0 Å². The van der Waals surface area contributed by atoms with Crippen LogP contribution >= 0.6 is 11.3 Å². The number of nitrogens with one attached hydrogen (secondary N) is 1. The minimum Gasteiger partial charge on any atom is -0.316 e. The highest BCUT2D eigenvalue weighted by Gasteiger charge is 2.41. The molecule has 1 aromatic heterocycles. The molecule has 3 rings (SSSR count). The van der Waals surface area contributed by atoms with E-state index in [2.05, 4.69) is 29.4 Å². The molecule has 1 heterocycles. The average Bonchev–Trinajstić information content (AvgIpc) is 3.09. The molecular formula is C15H25N3S. The van der Waals surface area contributed by atoms with Gasteiger partial charge < -0.3 is 5.32 Å². The number of hydrogen-bond donors (Lipinski definition) is 1. The van der Waals surface area contributed by atoms with E-state index in [0.29, 0.717) is 0 Å². The zero-order chi connectivity index (χ0) is 13.2. The van der Waals surface area contributed by atoms with Gasteiger partial charge in [-0.2, -0.15) is 0 Å². The first-order chi connectivity index (χ1) is 9.22. The fourth-order valence-corrected chi connectivity index (χ4v) is 4.70. The fraction of sp³-hybridized carbons (Fsp3) is 0.867. The van der Waals surface area contributed by atoms with Gasteiger partial charge in [0.2, 0.25) is 0 Å². The summed E-state index contributed by atoms with van der Waals surface area (Å²) >= 11 is 1.87. The third-order valence-electron chi connectivity index (χ3n) is 4.61. The maximum absolute atomic E-state index is 4.47. The molecule has 2 aliphatic carbocycles. The summed E-state index contributed by atoms with van der Waals surface area (Å²) in [4.78, 5) is 0. The topological polar surface area (TPSA) is 37.8 Å². The van der Waals surface area contributed by atoms with Crippen molar-refractivity contribution in [3.63, 3.8) is 0 Å². The maximum atomic E-state index is 4.47. The molecule has 3 unspecified atom stereocenters. The number of hydrogen-bond acceptors (Lipinski definition) is 4. The quantitative estimate of drug-likeness (QED) is 0.812. The van der Waals surface area contributed by atoms with Crippen LogP contribution in [0.5, 0.6) is 0 Å². The number of nitrogens with zero attached hydrogens (tertiary/aromatic N) is 2. The Morgan fingerprint density at radius 1 is 1.26 bits per heavy atom. The monoisotopic (exact) mass is 279 g/mol. The van der Waals surface area contributed by atoms with Crippen LogP contribution in [-0.4, -0.2) is 23.3 Å². The van der Waals surface area contributed by atoms with Crippen LogP contribution in [0.1, 0.15) is 55.5 Å². The number of fused-ring (bicyclic) bond motifs is 2. The van der Waals surface area contributed by atoms with Crippen molar-refractivity contribution in [1.82, 2.24) is 15.5 Å². The minimum atomic E-state index is 0.721. The van der Waals surface area contributed by atoms with Crippen LogP contribution in [0.3, 0.4) is 0 Å². The van der Waals surface area contributed by atoms with Gasteiger partial charge in [0.05, 0.1) is 0 Å². The summed E-state index contributed by atoms with van der Waals surface area (Å²) in [6.45, 7) is 6.61. The summed E-state index contributed by atoms with van der Waals surface area (Å²) in [6, 6.07) is 0. The van der Waals surface area contributed by atoms with Crippen molar-refractivity contribution in [3.8, 4) is 0 Å². The maximum Gasteiger partial charge on any atom is 0.120 e. The highest BCUT2D eigenvalue weighted by atomic mass is 32.1. The second-order valence-electron chi connectivity index (χ2n) is 6.66. The number of rotatable bonds is 6. The van der Waals surface area contributed by atoms with Gasteiger partial charge in [-0.05, 0) is 43.6 Å². The molecule has 3 atom stereocenters. The first-order valence-electron chi connectivity index (χ1n) is 7.75. The van der Waals surface area contributed by atoms with Gasteiger partial charge in [-0.3, -0.25) is 0 Å². The standard InChI is InChI=1S/C15H25N3S/c1-10(2)9-16-6-5-14-17-18-15(19-14)13-8-11-3-4-12(13)7-11/h10-13,16H,3-9H2,1-2H3. The zero-order valence-corrected chi connectivity index (χ0v) is 12.9. The van der Waals surface area contributed by atoms with Gasteiger partial charge in [-0.15, -0.1) is 21.5 Å². The van der Waals surface area contributed by atoms with Crippen molar-refractivity contribution >= 4 is 11.3 Å². The van der Waals surface area contributed by atoms with E-state index in [9.17, 15) is 0 Å². The highest BCUT2D eigenvalue weighted by molar-refractivity contribution is 7.11. The summed E-state index contributed by atoms with van der Waals surface area (Å²) in [5.41, 5.74) is 0. The van der Waals surface area contributed by atoms with Gasteiger partial charge in [0.15, 0.2) is 0 Å². The molecule has 0 amide bonds. The highest BCUT2D eigenvalue weighted by Crippen LogP contribution is 2.53. The molecule has 4 heteroatoms. The van der Waals surface area contributed by atoms with E-state index < -0.39 is 0 Å². The Bertz CT molecular complexity index is 415. The molecule has 0 saturated heterocycles. The molecule has 2 saturated carbocycles. The molecule has 0 aliphatic heterocycles. The predicted octanol–water partition coefficient (Wildman–Crippen LogP) is 3.23. The van der Waals surface area contributed by atoms with Crippen molar-refractivity contribution in [2.75, 3.05) is 13.1 Å². The third kappa shape index (κ3) is 3.16. The van der Waals surface area contributed by atoms with Crippen molar-refractivity contribution in [2.24, 2.45) is 17.8 Å². The zero-order valence-electron chi connectivity index (χ0n) is 12.1. The van der Waals surface area contributed by atoms with Crippen LogP contribution in [0, 0.1) is 17.8 Å². The fourth-order valence-electron chi connectivity index (χ4n) is 3.65. The van der Waals surface area contributed by atoms with E-state index in [0.717, 1.165) is 43.2 Å². The Hall–Kier alpha value is -0.480. The first-order valence-corrected chi connectivity index (χ1v) is 8.57. The van der Waals surface area contributed by atoms with Gasteiger partial charge in [0.1, 0.15) is 10.0 Å². The van der Waals surface area contributed by atoms with Crippen molar-refractivity contribution in [2.45, 2.75) is 51.9 Å². The van der Waals surface area contributed by atoms with E-state index in [1.165, 1.54) is 35.7 Å². The Morgan fingerprint density at radius 2 is 2.16 bits per heavy atom. The predicted molar refractivity (Wildman–Crippen MR) is 79.5 cm³/mol. The van der Waals surface area contributed by atoms with Crippen molar-refractivity contribution in [3.05, 3.63) is 10.0 Å². The molecule has 0 aromatic carbocycles. The molecule has 19 heavy (non-hydrogen) atoms. The molecule has 2 bridgehead atoms. The number of aromatic nitrogens is 2. The van der Waals surface area contributed by atoms with Crippen LogP contribution < -0.4 is 5.32 Å². The first kappa shape index (κ1) is 13.5. The van der Waals surface area contributed by atoms with Crippen LogP contribution in [-0.2, 0) is 6.42 Å². The van der Waals surface area contributed by atoms with E-state index in [1.807, 2.05) is 11.3 Å². The Balaban J connectivity index is 1.49. The molecular weight excluding hydrogens is 254 g/mol. The molecule has 2 fully saturated rings. The van der Waals surface area contributed by atoms with Gasteiger partial charge >= 0.3 is 0 Å². The summed E-state index contributed by atoms with van der Waals surface area (Å²) in [5, 5.41) is 14.9. The molecule has 0 radical (unpaired) electrons. The summed E-state index contributed by atoms with van der Waals surface area (Å²) < 4.78 is 0. The normalized spacial score (nSPS) is 29.5. The van der Waals surface area contributed by atoms with Crippen LogP contribution in [0.2, 0.25) is 0 Å². The molecule has 1 aromatic rings. The van der Waals surface area contributed by atoms with Crippen LogP contribution in [0.15, 0.2) is 0 Å². The Kier molecular flexibility index (Phi) is 4.18. The van der Waals surface area contributed by atoms with Gasteiger partial charge in [0, 0.05) is 18.9 Å². The van der Waals surface area contributed by atoms with Crippen molar-refractivity contribution < 1.29 is 0 Å².